The average molecular weight is 439 g/mol. The maximum Gasteiger partial charge on any atom is 0.258 e. The molecule has 4 rings (SSSR count). The second kappa shape index (κ2) is 8.77. The van der Waals surface area contributed by atoms with Crippen LogP contribution in [0.25, 0.3) is 10.9 Å². The van der Waals surface area contributed by atoms with Gasteiger partial charge in [0.1, 0.15) is 17.4 Å². The van der Waals surface area contributed by atoms with Crippen molar-refractivity contribution in [3.8, 4) is 5.75 Å². The number of hydrogen-bond acceptors (Lipinski definition) is 7. The first kappa shape index (κ1) is 21.5. The number of aryl methyl sites for hydroxylation is 3. The molecular formula is C21H25N7O4. The highest BCUT2D eigenvalue weighted by molar-refractivity contribution is 6.02. The van der Waals surface area contributed by atoms with Crippen molar-refractivity contribution in [2.24, 2.45) is 7.05 Å². The maximum atomic E-state index is 12.2. The number of nitrogens with one attached hydrogen (secondary N) is 2. The summed E-state index contributed by atoms with van der Waals surface area (Å²) in [4.78, 5) is 40.0. The molecule has 2 N–H and O–H groups in total. The van der Waals surface area contributed by atoms with Crippen LogP contribution in [0.4, 0.5) is 0 Å². The minimum atomic E-state index is -0.466. The van der Waals surface area contributed by atoms with Crippen LogP contribution in [0.3, 0.4) is 0 Å². The lowest BCUT2D eigenvalue weighted by Gasteiger charge is -2.19. The van der Waals surface area contributed by atoms with Crippen molar-refractivity contribution in [2.45, 2.75) is 39.2 Å². The third-order valence-corrected chi connectivity index (χ3v) is 5.40. The molecule has 1 aliphatic heterocycles. The monoisotopic (exact) mass is 439 g/mol. The molecule has 1 aromatic carbocycles. The SMILES string of the molecule is Cc1nc(C)n(CCNC(=O)COc2ccc3c(C4CCC(=O)NC4=O)nn(C)c3c2)n1. The lowest BCUT2D eigenvalue weighted by Crippen LogP contribution is -2.39. The predicted octanol–water partition coefficient (Wildman–Crippen LogP) is 0.497. The molecule has 3 amide bonds. The fraction of sp³-hybridized carbons (Fsp3) is 0.429. The van der Waals surface area contributed by atoms with Crippen molar-refractivity contribution >= 4 is 28.6 Å². The molecule has 0 saturated carbocycles. The molecule has 1 fully saturated rings. The summed E-state index contributed by atoms with van der Waals surface area (Å²) in [7, 11) is 1.78. The minimum absolute atomic E-state index is 0.126. The van der Waals surface area contributed by atoms with Gasteiger partial charge < -0.3 is 10.1 Å². The van der Waals surface area contributed by atoms with E-state index in [4.69, 9.17) is 4.74 Å². The Morgan fingerprint density at radius 1 is 1.28 bits per heavy atom. The summed E-state index contributed by atoms with van der Waals surface area (Å²) >= 11 is 0. The zero-order chi connectivity index (χ0) is 22.8. The van der Waals surface area contributed by atoms with E-state index in [2.05, 4.69) is 25.8 Å². The summed E-state index contributed by atoms with van der Waals surface area (Å²) < 4.78 is 9.05. The highest BCUT2D eigenvalue weighted by atomic mass is 16.5. The number of carbonyl (C=O) groups is 3. The van der Waals surface area contributed by atoms with Crippen molar-refractivity contribution in [1.29, 1.82) is 0 Å². The van der Waals surface area contributed by atoms with Crippen LogP contribution in [0.5, 0.6) is 5.75 Å². The molecule has 0 aliphatic carbocycles. The van der Waals surface area contributed by atoms with Gasteiger partial charge >= 0.3 is 0 Å². The van der Waals surface area contributed by atoms with Crippen molar-refractivity contribution in [3.63, 3.8) is 0 Å². The predicted molar refractivity (Wildman–Crippen MR) is 114 cm³/mol. The summed E-state index contributed by atoms with van der Waals surface area (Å²) in [5.41, 5.74) is 1.41. The van der Waals surface area contributed by atoms with Gasteiger partial charge in [-0.15, -0.1) is 0 Å². The molecule has 2 aromatic heterocycles. The van der Waals surface area contributed by atoms with Gasteiger partial charge in [-0.1, -0.05) is 0 Å². The second-order valence-electron chi connectivity index (χ2n) is 7.76. The molecule has 168 valence electrons. The normalized spacial score (nSPS) is 16.3. The first-order valence-electron chi connectivity index (χ1n) is 10.4. The number of hydrogen-bond donors (Lipinski definition) is 2. The number of rotatable bonds is 7. The fourth-order valence-corrected chi connectivity index (χ4v) is 3.84. The van der Waals surface area contributed by atoms with E-state index in [1.54, 1.807) is 28.5 Å². The van der Waals surface area contributed by atoms with Gasteiger partial charge in [-0.3, -0.25) is 24.4 Å². The van der Waals surface area contributed by atoms with Gasteiger partial charge in [-0.05, 0) is 32.4 Å². The van der Waals surface area contributed by atoms with E-state index in [0.717, 1.165) is 16.7 Å². The molecule has 0 radical (unpaired) electrons. The number of benzene rings is 1. The Balaban J connectivity index is 1.36. The Bertz CT molecular complexity index is 1200. The van der Waals surface area contributed by atoms with Crippen LogP contribution < -0.4 is 15.4 Å². The largest absolute Gasteiger partial charge is 0.484 e. The van der Waals surface area contributed by atoms with Crippen LogP contribution >= 0.6 is 0 Å². The van der Waals surface area contributed by atoms with Gasteiger partial charge in [-0.2, -0.15) is 10.2 Å². The molecule has 1 unspecified atom stereocenters. The van der Waals surface area contributed by atoms with Gasteiger partial charge in [-0.25, -0.2) is 9.67 Å². The number of fused-ring (bicyclic) bond motifs is 1. The number of piperidine rings is 1. The Labute approximate surface area is 184 Å². The number of aromatic nitrogens is 5. The van der Waals surface area contributed by atoms with Crippen LogP contribution in [0.2, 0.25) is 0 Å². The van der Waals surface area contributed by atoms with E-state index >= 15 is 0 Å². The summed E-state index contributed by atoms with van der Waals surface area (Å²) in [5, 5.41) is 14.7. The molecule has 0 bridgehead atoms. The molecule has 1 saturated heterocycles. The zero-order valence-electron chi connectivity index (χ0n) is 18.2. The van der Waals surface area contributed by atoms with Crippen molar-refractivity contribution in [2.75, 3.05) is 13.2 Å². The summed E-state index contributed by atoms with van der Waals surface area (Å²) in [6.07, 6.45) is 0.726. The van der Waals surface area contributed by atoms with Crippen molar-refractivity contribution in [3.05, 3.63) is 35.5 Å². The quantitative estimate of drug-likeness (QED) is 0.512. The molecule has 0 spiro atoms. The number of carbonyl (C=O) groups excluding carboxylic acids is 3. The molecule has 3 heterocycles. The standard InChI is InChI=1S/C21H25N7O4/c1-12-23-13(2)28(25-12)9-8-22-19(30)11-32-14-4-5-15-17(10-14)27(3)26-20(15)16-6-7-18(29)24-21(16)31/h4-5,10,16H,6-9,11H2,1-3H3,(H,22,30)(H,24,29,31). The first-order chi connectivity index (χ1) is 15.3. The van der Waals surface area contributed by atoms with Gasteiger partial charge in [0.25, 0.3) is 5.91 Å². The van der Waals surface area contributed by atoms with Crippen LogP contribution in [-0.2, 0) is 28.0 Å². The highest BCUT2D eigenvalue weighted by Crippen LogP contribution is 2.31. The van der Waals surface area contributed by atoms with E-state index < -0.39 is 5.92 Å². The topological polar surface area (TPSA) is 133 Å². The number of amides is 3. The molecule has 3 aromatic rings. The first-order valence-corrected chi connectivity index (χ1v) is 10.4. The Morgan fingerprint density at radius 2 is 2.09 bits per heavy atom. The van der Waals surface area contributed by atoms with Crippen LogP contribution in [0, 0.1) is 13.8 Å². The summed E-state index contributed by atoms with van der Waals surface area (Å²) in [5.74, 6) is 0.729. The third-order valence-electron chi connectivity index (χ3n) is 5.40. The zero-order valence-corrected chi connectivity index (χ0v) is 18.2. The number of imide groups is 1. The van der Waals surface area contributed by atoms with Crippen LogP contribution in [0.1, 0.15) is 36.1 Å². The van der Waals surface area contributed by atoms with Crippen LogP contribution in [0.15, 0.2) is 18.2 Å². The molecule has 1 aliphatic rings. The van der Waals surface area contributed by atoms with Crippen LogP contribution in [-0.4, -0.2) is 55.4 Å². The highest BCUT2D eigenvalue weighted by Gasteiger charge is 2.31. The Hall–Kier alpha value is -3.76. The number of nitrogens with zero attached hydrogens (tertiary/aromatic N) is 5. The lowest BCUT2D eigenvalue weighted by molar-refractivity contribution is -0.134. The van der Waals surface area contributed by atoms with Gasteiger partial charge in [0.05, 0.1) is 23.7 Å². The van der Waals surface area contributed by atoms with Crippen molar-refractivity contribution < 1.29 is 19.1 Å². The summed E-state index contributed by atoms with van der Waals surface area (Å²) in [6, 6.07) is 5.35. The molecule has 32 heavy (non-hydrogen) atoms. The molecule has 11 nitrogen and oxygen atoms in total. The Kier molecular flexibility index (Phi) is 5.89. The molecular weight excluding hydrogens is 414 g/mol. The number of ether oxygens (including phenoxy) is 1. The minimum Gasteiger partial charge on any atom is -0.484 e. The van der Waals surface area contributed by atoms with E-state index in [0.29, 0.717) is 43.2 Å². The Morgan fingerprint density at radius 3 is 2.81 bits per heavy atom. The smallest absolute Gasteiger partial charge is 0.258 e. The summed E-state index contributed by atoms with van der Waals surface area (Å²) in [6.45, 7) is 4.51. The van der Waals surface area contributed by atoms with E-state index in [1.165, 1.54) is 0 Å². The van der Waals surface area contributed by atoms with Gasteiger partial charge in [0.2, 0.25) is 11.8 Å². The molecule has 11 heteroatoms. The van der Waals surface area contributed by atoms with E-state index in [-0.39, 0.29) is 24.3 Å². The lowest BCUT2D eigenvalue weighted by atomic mass is 9.93. The third kappa shape index (κ3) is 4.46. The second-order valence-corrected chi connectivity index (χ2v) is 7.76. The van der Waals surface area contributed by atoms with E-state index in [9.17, 15) is 14.4 Å². The average Bonchev–Trinajstić information content (AvgIpc) is 3.24. The van der Waals surface area contributed by atoms with E-state index in [1.807, 2.05) is 19.9 Å². The van der Waals surface area contributed by atoms with Crippen molar-refractivity contribution in [1.82, 2.24) is 35.2 Å². The molecule has 1 atom stereocenters. The fourth-order valence-electron chi connectivity index (χ4n) is 3.84. The van der Waals surface area contributed by atoms with Gasteiger partial charge in [0, 0.05) is 31.5 Å². The van der Waals surface area contributed by atoms with Gasteiger partial charge in [0.15, 0.2) is 6.61 Å². The maximum absolute atomic E-state index is 12.2.